The number of pyridine rings is 1. The standard InChI is InChI=1S/C38H48N2O5/c1-9-14-31(28-15-12-11-13-16-28)44-30-19-17-29(18-20-30)32-26(3)39-27(4)33(35(36(41)42)45-37(5,6)7)34(32)40-23-21-38(8,22-24-40)43-25-10-2/h9-13,15-20,31,35H,1-2,14,21-25H2,3-8H3,(H,41,42). The van der Waals surface area contributed by atoms with E-state index < -0.39 is 17.7 Å². The zero-order valence-electron chi connectivity index (χ0n) is 27.6. The van der Waals surface area contributed by atoms with E-state index in [-0.39, 0.29) is 11.7 Å². The topological polar surface area (TPSA) is 81.1 Å². The Hall–Kier alpha value is -3.94. The molecule has 0 aliphatic carbocycles. The van der Waals surface area contributed by atoms with Crippen molar-refractivity contribution in [2.45, 2.75) is 84.2 Å². The van der Waals surface area contributed by atoms with E-state index in [1.54, 1.807) is 6.08 Å². The number of aromatic nitrogens is 1. The number of anilines is 1. The van der Waals surface area contributed by atoms with E-state index in [0.29, 0.717) is 37.4 Å². The Morgan fingerprint density at radius 3 is 2.22 bits per heavy atom. The highest BCUT2D eigenvalue weighted by molar-refractivity contribution is 5.88. The van der Waals surface area contributed by atoms with Crippen molar-refractivity contribution >= 4 is 11.7 Å². The first-order chi connectivity index (χ1) is 21.4. The van der Waals surface area contributed by atoms with Crippen LogP contribution in [0.3, 0.4) is 0 Å². The number of carbonyl (C=O) groups is 1. The lowest BCUT2D eigenvalue weighted by atomic mass is 9.89. The van der Waals surface area contributed by atoms with Crippen molar-refractivity contribution in [1.82, 2.24) is 4.98 Å². The molecule has 4 rings (SSSR count). The molecule has 1 fully saturated rings. The van der Waals surface area contributed by atoms with Crippen LogP contribution >= 0.6 is 0 Å². The molecule has 1 N–H and O–H groups in total. The van der Waals surface area contributed by atoms with Gasteiger partial charge in [0.15, 0.2) is 6.10 Å². The molecule has 45 heavy (non-hydrogen) atoms. The third-order valence-corrected chi connectivity index (χ3v) is 8.20. The molecule has 240 valence electrons. The summed E-state index contributed by atoms with van der Waals surface area (Å²) in [6, 6.07) is 18.1. The average molecular weight is 613 g/mol. The van der Waals surface area contributed by atoms with Crippen molar-refractivity contribution in [2.75, 3.05) is 24.6 Å². The van der Waals surface area contributed by atoms with Gasteiger partial charge in [0, 0.05) is 42.0 Å². The van der Waals surface area contributed by atoms with Gasteiger partial charge in [-0.05, 0) is 77.6 Å². The largest absolute Gasteiger partial charge is 0.485 e. The Morgan fingerprint density at radius 1 is 1.02 bits per heavy atom. The van der Waals surface area contributed by atoms with E-state index in [2.05, 4.69) is 37.1 Å². The van der Waals surface area contributed by atoms with Crippen LogP contribution in [0.4, 0.5) is 5.69 Å². The number of carboxylic acid groups (broad SMARTS) is 1. The Morgan fingerprint density at radius 2 is 1.67 bits per heavy atom. The monoisotopic (exact) mass is 612 g/mol. The van der Waals surface area contributed by atoms with Crippen LogP contribution in [0, 0.1) is 13.8 Å². The fraction of sp³-hybridized carbons (Fsp3) is 0.421. The zero-order chi connectivity index (χ0) is 32.8. The van der Waals surface area contributed by atoms with E-state index in [0.717, 1.165) is 46.7 Å². The van der Waals surface area contributed by atoms with Gasteiger partial charge in [-0.25, -0.2) is 4.79 Å². The highest BCUT2D eigenvalue weighted by Crippen LogP contribution is 2.44. The molecule has 1 aromatic heterocycles. The summed E-state index contributed by atoms with van der Waals surface area (Å²) >= 11 is 0. The van der Waals surface area contributed by atoms with Gasteiger partial charge in [-0.3, -0.25) is 4.98 Å². The first kappa shape index (κ1) is 33.9. The van der Waals surface area contributed by atoms with E-state index in [1.807, 2.05) is 83.2 Å². The minimum Gasteiger partial charge on any atom is -0.485 e. The lowest BCUT2D eigenvalue weighted by Crippen LogP contribution is -2.45. The van der Waals surface area contributed by atoms with Gasteiger partial charge in [0.25, 0.3) is 0 Å². The van der Waals surface area contributed by atoms with Gasteiger partial charge in [0.1, 0.15) is 11.9 Å². The number of aliphatic carboxylic acids is 1. The Labute approximate surface area is 268 Å². The molecule has 2 heterocycles. The zero-order valence-corrected chi connectivity index (χ0v) is 27.6. The Kier molecular flexibility index (Phi) is 10.9. The molecular weight excluding hydrogens is 564 g/mol. The summed E-state index contributed by atoms with van der Waals surface area (Å²) in [4.78, 5) is 20.0. The molecule has 2 atom stereocenters. The highest BCUT2D eigenvalue weighted by Gasteiger charge is 2.37. The minimum absolute atomic E-state index is 0.156. The first-order valence-corrected chi connectivity index (χ1v) is 15.7. The van der Waals surface area contributed by atoms with Crippen molar-refractivity contribution in [3.8, 4) is 16.9 Å². The lowest BCUT2D eigenvalue weighted by Gasteiger charge is -2.42. The summed E-state index contributed by atoms with van der Waals surface area (Å²) in [6.45, 7) is 21.2. The number of hydrogen-bond acceptors (Lipinski definition) is 6. The van der Waals surface area contributed by atoms with Crippen LogP contribution in [-0.4, -0.2) is 47.0 Å². The number of piperidine rings is 1. The van der Waals surface area contributed by atoms with Crippen molar-refractivity contribution in [1.29, 1.82) is 0 Å². The number of hydrogen-bond donors (Lipinski definition) is 1. The smallest absolute Gasteiger partial charge is 0.337 e. The molecule has 7 heteroatoms. The molecule has 0 saturated carbocycles. The van der Waals surface area contributed by atoms with Gasteiger partial charge in [-0.2, -0.15) is 0 Å². The van der Waals surface area contributed by atoms with Crippen molar-refractivity contribution in [3.63, 3.8) is 0 Å². The van der Waals surface area contributed by atoms with Crippen molar-refractivity contribution < 1.29 is 24.1 Å². The Bertz CT molecular complexity index is 1470. The second-order valence-corrected chi connectivity index (χ2v) is 13.0. The summed E-state index contributed by atoms with van der Waals surface area (Å²) in [6.07, 6.45) is 4.55. The number of ether oxygens (including phenoxy) is 3. The third kappa shape index (κ3) is 8.41. The Balaban J connectivity index is 1.80. The molecule has 2 aromatic carbocycles. The van der Waals surface area contributed by atoms with Gasteiger partial charge in [0.05, 0.1) is 23.5 Å². The van der Waals surface area contributed by atoms with Crippen LogP contribution in [0.25, 0.3) is 11.1 Å². The molecule has 1 aliphatic rings. The highest BCUT2D eigenvalue weighted by atomic mass is 16.5. The average Bonchev–Trinajstić information content (AvgIpc) is 2.99. The summed E-state index contributed by atoms with van der Waals surface area (Å²) in [7, 11) is 0. The van der Waals surface area contributed by atoms with Crippen LogP contribution in [0.2, 0.25) is 0 Å². The van der Waals surface area contributed by atoms with Crippen LogP contribution in [0.5, 0.6) is 5.75 Å². The molecular formula is C38H48N2O5. The van der Waals surface area contributed by atoms with E-state index in [4.69, 9.17) is 19.2 Å². The normalized spacial score (nSPS) is 16.1. The molecule has 7 nitrogen and oxygen atoms in total. The summed E-state index contributed by atoms with van der Waals surface area (Å²) in [5, 5.41) is 10.5. The second-order valence-electron chi connectivity index (χ2n) is 13.0. The quantitative estimate of drug-likeness (QED) is 0.194. The molecule has 0 bridgehead atoms. The van der Waals surface area contributed by atoms with Crippen molar-refractivity contribution in [3.05, 3.63) is 102 Å². The molecule has 2 unspecified atom stereocenters. The number of rotatable bonds is 13. The van der Waals surface area contributed by atoms with Gasteiger partial charge >= 0.3 is 5.97 Å². The van der Waals surface area contributed by atoms with E-state index >= 15 is 0 Å². The molecule has 0 radical (unpaired) electrons. The van der Waals surface area contributed by atoms with Gasteiger partial charge in [-0.15, -0.1) is 13.2 Å². The minimum atomic E-state index is -1.19. The second kappa shape index (κ2) is 14.4. The van der Waals surface area contributed by atoms with Gasteiger partial charge in [0.2, 0.25) is 0 Å². The molecule has 1 saturated heterocycles. The fourth-order valence-corrected chi connectivity index (χ4v) is 5.96. The maximum absolute atomic E-state index is 12.8. The molecule has 0 spiro atoms. The number of nitrogens with zero attached hydrogens (tertiary/aromatic N) is 2. The van der Waals surface area contributed by atoms with Crippen LogP contribution < -0.4 is 9.64 Å². The number of benzene rings is 2. The SMILES string of the molecule is C=CCOC1(C)CCN(c2c(-c3ccc(OC(CC=C)c4ccccc4)cc3)c(C)nc(C)c2C(OC(C)(C)C)C(=O)O)CC1. The maximum Gasteiger partial charge on any atom is 0.337 e. The van der Waals surface area contributed by atoms with Gasteiger partial charge < -0.3 is 24.2 Å². The summed E-state index contributed by atoms with van der Waals surface area (Å²) < 4.78 is 18.8. The summed E-state index contributed by atoms with van der Waals surface area (Å²) in [5.74, 6) is -0.304. The number of aryl methyl sites for hydroxylation is 2. The van der Waals surface area contributed by atoms with Crippen LogP contribution in [0.1, 0.15) is 81.7 Å². The predicted octanol–water partition coefficient (Wildman–Crippen LogP) is 8.56. The van der Waals surface area contributed by atoms with E-state index in [9.17, 15) is 9.90 Å². The molecule has 0 amide bonds. The fourth-order valence-electron chi connectivity index (χ4n) is 5.96. The van der Waals surface area contributed by atoms with Crippen LogP contribution in [0.15, 0.2) is 79.9 Å². The number of carboxylic acids is 1. The molecule has 1 aliphatic heterocycles. The lowest BCUT2D eigenvalue weighted by molar-refractivity contribution is -0.160. The molecule has 3 aromatic rings. The first-order valence-electron chi connectivity index (χ1n) is 15.7. The summed E-state index contributed by atoms with van der Waals surface area (Å²) in [5.41, 5.74) is 4.85. The third-order valence-electron chi connectivity index (χ3n) is 8.20. The van der Waals surface area contributed by atoms with Crippen molar-refractivity contribution in [2.24, 2.45) is 0 Å². The predicted molar refractivity (Wildman–Crippen MR) is 181 cm³/mol. The maximum atomic E-state index is 12.8. The van der Waals surface area contributed by atoms with E-state index in [1.165, 1.54) is 0 Å². The van der Waals surface area contributed by atoms with Gasteiger partial charge in [-0.1, -0.05) is 54.6 Å². The van der Waals surface area contributed by atoms with Crippen LogP contribution in [-0.2, 0) is 14.3 Å².